The Morgan fingerprint density at radius 2 is 1.12 bits per heavy atom. The summed E-state index contributed by atoms with van der Waals surface area (Å²) in [5.41, 5.74) is 2.32. The van der Waals surface area contributed by atoms with Crippen molar-refractivity contribution < 1.29 is 37.3 Å². The fraction of sp³-hybridized carbons (Fsp3) is 0.133. The van der Waals surface area contributed by atoms with Crippen molar-refractivity contribution in [3.63, 3.8) is 0 Å². The van der Waals surface area contributed by atoms with E-state index in [1.807, 2.05) is 0 Å². The molecular weight excluding hydrogens is 692 g/mol. The van der Waals surface area contributed by atoms with E-state index in [1.165, 1.54) is 58.8 Å². The second-order valence-electron chi connectivity index (χ2n) is 8.18. The van der Waals surface area contributed by atoms with Crippen LogP contribution in [0.2, 0.25) is 10.0 Å². The van der Waals surface area contributed by atoms with Crippen LogP contribution in [0.25, 0.3) is 22.3 Å². The first kappa shape index (κ1) is 32.1. The van der Waals surface area contributed by atoms with Gasteiger partial charge in [-0.05, 0) is 65.1 Å². The third-order valence-corrected chi connectivity index (χ3v) is 7.25. The molecule has 0 unspecified atom stereocenters. The Labute approximate surface area is 259 Å². The summed E-state index contributed by atoms with van der Waals surface area (Å²) in [7, 11) is 5.52. The number of rotatable bonds is 6. The van der Waals surface area contributed by atoms with Gasteiger partial charge in [0.15, 0.2) is 0 Å². The Hall–Kier alpha value is -3.41. The van der Waals surface area contributed by atoms with E-state index in [4.69, 9.17) is 32.7 Å². The molecule has 0 atom stereocenters. The number of carbonyl (C=O) groups is 2. The van der Waals surface area contributed by atoms with Crippen LogP contribution in [0, 0.1) is 15.2 Å². The first-order chi connectivity index (χ1) is 19.5. The van der Waals surface area contributed by atoms with Crippen molar-refractivity contribution in [3.05, 3.63) is 103 Å². The first-order valence-electron chi connectivity index (χ1n) is 11.7. The number of hydrogen-bond acceptors (Lipinski definition) is 6. The van der Waals surface area contributed by atoms with Crippen molar-refractivity contribution in [3.8, 4) is 33.8 Å². The van der Waals surface area contributed by atoms with Crippen LogP contribution in [0.1, 0.15) is 20.7 Å². The minimum Gasteiger partial charge on any atom is -0.497 e. The maximum Gasteiger partial charge on any atom is 0.337 e. The van der Waals surface area contributed by atoms with Gasteiger partial charge in [-0.3, -0.25) is 0 Å². The fourth-order valence-corrected chi connectivity index (χ4v) is 4.94. The first-order valence-corrected chi connectivity index (χ1v) is 13.5. The molecule has 0 aromatic heterocycles. The molecule has 0 aliphatic heterocycles. The van der Waals surface area contributed by atoms with Crippen LogP contribution in [-0.2, 0) is 9.47 Å². The average Bonchev–Trinajstić information content (AvgIpc) is 2.97. The number of methoxy groups -OCH3 is 4. The van der Waals surface area contributed by atoms with Gasteiger partial charge in [0.2, 0.25) is 0 Å². The van der Waals surface area contributed by atoms with E-state index in [9.17, 15) is 18.4 Å². The Morgan fingerprint density at radius 1 is 0.634 bits per heavy atom. The highest BCUT2D eigenvalue weighted by Crippen LogP contribution is 2.35. The summed E-state index contributed by atoms with van der Waals surface area (Å²) >= 11 is 14.3. The van der Waals surface area contributed by atoms with Crippen LogP contribution in [-0.4, -0.2) is 40.4 Å². The molecule has 0 N–H and O–H groups in total. The molecule has 0 saturated heterocycles. The lowest BCUT2D eigenvalue weighted by atomic mass is 10.0. The molecule has 0 saturated carbocycles. The molecule has 6 nitrogen and oxygen atoms in total. The number of esters is 2. The summed E-state index contributed by atoms with van der Waals surface area (Å²) in [4.78, 5) is 22.8. The molecule has 0 heterocycles. The summed E-state index contributed by atoms with van der Waals surface area (Å²) in [6, 6.07) is 16.6. The molecule has 0 amide bonds. The van der Waals surface area contributed by atoms with Crippen LogP contribution < -0.4 is 9.47 Å². The SMILES string of the molecule is COC(=O)c1ccc(-c2cc(I)c(OC)cc2F)c(Cl)c1.COC(=O)c1ccc(-c2ccc(OC)cc2F)c(Cl)c1. The normalized spacial score (nSPS) is 10.3. The molecule has 0 fully saturated rings. The van der Waals surface area contributed by atoms with Gasteiger partial charge in [0.05, 0.1) is 43.1 Å². The Kier molecular flexibility index (Phi) is 11.3. The monoisotopic (exact) mass is 714 g/mol. The van der Waals surface area contributed by atoms with Crippen molar-refractivity contribution in [1.29, 1.82) is 0 Å². The third-order valence-electron chi connectivity index (χ3n) is 5.78. The van der Waals surface area contributed by atoms with Gasteiger partial charge in [-0.2, -0.15) is 0 Å². The second-order valence-corrected chi connectivity index (χ2v) is 10.2. The smallest absolute Gasteiger partial charge is 0.337 e. The Bertz CT molecular complexity index is 1600. The zero-order valence-electron chi connectivity index (χ0n) is 22.2. The van der Waals surface area contributed by atoms with Gasteiger partial charge in [-0.1, -0.05) is 35.3 Å². The van der Waals surface area contributed by atoms with Crippen LogP contribution in [0.4, 0.5) is 8.78 Å². The Balaban J connectivity index is 0.000000226. The van der Waals surface area contributed by atoms with E-state index in [2.05, 4.69) is 32.1 Å². The molecule has 4 aromatic rings. The number of carbonyl (C=O) groups excluding carboxylic acids is 2. The molecule has 214 valence electrons. The van der Waals surface area contributed by atoms with Crippen LogP contribution in [0.15, 0.2) is 66.7 Å². The molecule has 0 aliphatic carbocycles. The Morgan fingerprint density at radius 3 is 1.56 bits per heavy atom. The van der Waals surface area contributed by atoms with E-state index < -0.39 is 23.6 Å². The molecule has 0 aliphatic rings. The molecule has 4 aromatic carbocycles. The number of ether oxygens (including phenoxy) is 4. The lowest BCUT2D eigenvalue weighted by molar-refractivity contribution is 0.0592. The number of hydrogen-bond donors (Lipinski definition) is 0. The zero-order chi connectivity index (χ0) is 30.3. The predicted octanol–water partition coefficient (Wildman–Crippen LogP) is 8.49. The van der Waals surface area contributed by atoms with Crippen molar-refractivity contribution in [2.75, 3.05) is 28.4 Å². The summed E-state index contributed by atoms with van der Waals surface area (Å²) in [6.07, 6.45) is 0. The second kappa shape index (κ2) is 14.5. The maximum absolute atomic E-state index is 14.2. The highest BCUT2D eigenvalue weighted by molar-refractivity contribution is 14.1. The topological polar surface area (TPSA) is 71.1 Å². The third kappa shape index (κ3) is 7.66. The summed E-state index contributed by atoms with van der Waals surface area (Å²) in [5.74, 6) is -0.994. The summed E-state index contributed by atoms with van der Waals surface area (Å²) < 4.78 is 48.2. The van der Waals surface area contributed by atoms with E-state index in [0.717, 1.165) is 3.57 Å². The summed E-state index contributed by atoms with van der Waals surface area (Å²) in [6.45, 7) is 0. The van der Waals surface area contributed by atoms with Gasteiger partial charge in [-0.25, -0.2) is 18.4 Å². The maximum atomic E-state index is 14.2. The number of halogens is 5. The lowest BCUT2D eigenvalue weighted by Crippen LogP contribution is -2.01. The van der Waals surface area contributed by atoms with Crippen molar-refractivity contribution in [2.45, 2.75) is 0 Å². The highest BCUT2D eigenvalue weighted by atomic mass is 127. The fourth-order valence-electron chi connectivity index (χ4n) is 3.69. The van der Waals surface area contributed by atoms with Crippen LogP contribution >= 0.6 is 45.8 Å². The standard InChI is InChI=1S/C15H11ClFIO3.C15H12ClFO3/c1-20-14-7-12(17)10(6-13(14)18)9-4-3-8(5-11(9)16)15(19)21-2;1-19-10-4-6-12(14(17)8-10)11-5-3-9(7-13(11)16)15(18)20-2/h3-7H,1-2H3;3-8H,1-2H3. The van der Waals surface area contributed by atoms with E-state index in [-0.39, 0.29) is 10.0 Å². The molecule has 4 rings (SSSR count). The minimum absolute atomic E-state index is 0.275. The molecular formula is C30H23Cl2F2IO6. The summed E-state index contributed by atoms with van der Waals surface area (Å²) in [5, 5.41) is 0.551. The number of benzene rings is 4. The highest BCUT2D eigenvalue weighted by Gasteiger charge is 2.16. The van der Waals surface area contributed by atoms with Crippen LogP contribution in [0.5, 0.6) is 11.5 Å². The van der Waals surface area contributed by atoms with Gasteiger partial charge in [0, 0.05) is 44.4 Å². The minimum atomic E-state index is -0.492. The van der Waals surface area contributed by atoms with E-state index >= 15 is 0 Å². The van der Waals surface area contributed by atoms with Gasteiger partial charge in [0.1, 0.15) is 23.1 Å². The van der Waals surface area contributed by atoms with Crippen molar-refractivity contribution in [1.82, 2.24) is 0 Å². The van der Waals surface area contributed by atoms with Gasteiger partial charge in [-0.15, -0.1) is 0 Å². The van der Waals surface area contributed by atoms with Gasteiger partial charge < -0.3 is 18.9 Å². The molecule has 0 bridgehead atoms. The van der Waals surface area contributed by atoms with Crippen molar-refractivity contribution in [2.24, 2.45) is 0 Å². The molecule has 0 spiro atoms. The van der Waals surface area contributed by atoms with Gasteiger partial charge >= 0.3 is 11.9 Å². The predicted molar refractivity (Wildman–Crippen MR) is 162 cm³/mol. The van der Waals surface area contributed by atoms with Gasteiger partial charge in [0.25, 0.3) is 0 Å². The molecule has 11 heteroatoms. The lowest BCUT2D eigenvalue weighted by Gasteiger charge is -2.10. The molecule has 0 radical (unpaired) electrons. The molecule has 41 heavy (non-hydrogen) atoms. The zero-order valence-corrected chi connectivity index (χ0v) is 25.9. The average molecular weight is 715 g/mol. The quantitative estimate of drug-likeness (QED) is 0.147. The van der Waals surface area contributed by atoms with E-state index in [1.54, 1.807) is 36.4 Å². The van der Waals surface area contributed by atoms with E-state index in [0.29, 0.717) is 44.9 Å². The van der Waals surface area contributed by atoms with Crippen molar-refractivity contribution >= 4 is 57.7 Å². The van der Waals surface area contributed by atoms with Crippen LogP contribution in [0.3, 0.4) is 0 Å². The largest absolute Gasteiger partial charge is 0.497 e.